The second-order valence-corrected chi connectivity index (χ2v) is 7.01. The van der Waals surface area contributed by atoms with Crippen LogP contribution < -0.4 is 4.72 Å². The molecule has 1 aliphatic rings. The minimum absolute atomic E-state index is 0.0144. The molecule has 1 N–H and O–H groups in total. The summed E-state index contributed by atoms with van der Waals surface area (Å²) in [7, 11) is -3.57. The van der Waals surface area contributed by atoms with Gasteiger partial charge in [-0.3, -0.25) is 0 Å². The molecule has 0 amide bonds. The van der Waals surface area contributed by atoms with Gasteiger partial charge in [-0.15, -0.1) is 0 Å². The Balaban J connectivity index is 2.25. The van der Waals surface area contributed by atoms with Gasteiger partial charge >= 0.3 is 0 Å². The van der Waals surface area contributed by atoms with E-state index < -0.39 is 10.0 Å². The summed E-state index contributed by atoms with van der Waals surface area (Å²) in [5, 5.41) is 8.93. The molecule has 6 heteroatoms. The van der Waals surface area contributed by atoms with Crippen LogP contribution in [0.1, 0.15) is 31.7 Å². The summed E-state index contributed by atoms with van der Waals surface area (Å²) >= 11 is 5.87. The summed E-state index contributed by atoms with van der Waals surface area (Å²) < 4.78 is 27.2. The molecule has 1 aliphatic carbocycles. The third kappa shape index (κ3) is 3.08. The van der Waals surface area contributed by atoms with Gasteiger partial charge in [-0.25, -0.2) is 13.1 Å². The Kier molecular flexibility index (Phi) is 4.14. The molecule has 0 bridgehead atoms. The molecule has 2 rings (SSSR count). The van der Waals surface area contributed by atoms with Crippen molar-refractivity contribution in [3.05, 3.63) is 28.8 Å². The third-order valence-corrected chi connectivity index (χ3v) is 5.34. The molecule has 1 aromatic carbocycles. The molecule has 0 spiro atoms. The van der Waals surface area contributed by atoms with Gasteiger partial charge in [0.05, 0.1) is 15.5 Å². The Labute approximate surface area is 118 Å². The number of hydrogen-bond donors (Lipinski definition) is 1. The van der Waals surface area contributed by atoms with Gasteiger partial charge in [0.2, 0.25) is 10.0 Å². The summed E-state index contributed by atoms with van der Waals surface area (Å²) in [5.74, 6) is 0.351. The van der Waals surface area contributed by atoms with Crippen molar-refractivity contribution in [3.8, 4) is 6.07 Å². The van der Waals surface area contributed by atoms with Crippen LogP contribution in [0.2, 0.25) is 5.02 Å². The Morgan fingerprint density at radius 2 is 2.16 bits per heavy atom. The third-order valence-electron chi connectivity index (χ3n) is 3.54. The molecule has 2 atom stereocenters. The molecule has 2 unspecified atom stereocenters. The van der Waals surface area contributed by atoms with E-state index in [9.17, 15) is 8.42 Å². The molecule has 4 nitrogen and oxygen atoms in total. The highest BCUT2D eigenvalue weighted by atomic mass is 35.5. The number of nitriles is 1. The maximum absolute atomic E-state index is 12.2. The van der Waals surface area contributed by atoms with Gasteiger partial charge in [0.25, 0.3) is 0 Å². The van der Waals surface area contributed by atoms with Crippen LogP contribution >= 0.6 is 11.6 Å². The maximum Gasteiger partial charge on any atom is 0.240 e. The fraction of sp³-hybridized carbons (Fsp3) is 0.462. The van der Waals surface area contributed by atoms with Gasteiger partial charge in [0.15, 0.2) is 0 Å². The van der Waals surface area contributed by atoms with Gasteiger partial charge in [-0.2, -0.15) is 5.26 Å². The summed E-state index contributed by atoms with van der Waals surface area (Å²) in [4.78, 5) is 0.107. The monoisotopic (exact) mass is 298 g/mol. The Morgan fingerprint density at radius 3 is 2.68 bits per heavy atom. The van der Waals surface area contributed by atoms with Crippen LogP contribution in [-0.4, -0.2) is 14.5 Å². The summed E-state index contributed by atoms with van der Waals surface area (Å²) in [6, 6.07) is 6.05. The molecule has 102 valence electrons. The highest BCUT2D eigenvalue weighted by Gasteiger charge is 2.28. The number of halogens is 1. The predicted octanol–water partition coefficient (Wildman–Crippen LogP) is 2.68. The Morgan fingerprint density at radius 1 is 1.42 bits per heavy atom. The first kappa shape index (κ1) is 14.3. The van der Waals surface area contributed by atoms with Crippen LogP contribution in [0.25, 0.3) is 0 Å². The number of rotatable bonds is 3. The first-order valence-corrected chi connectivity index (χ1v) is 8.02. The van der Waals surface area contributed by atoms with Crippen molar-refractivity contribution in [2.24, 2.45) is 5.92 Å². The lowest BCUT2D eigenvalue weighted by Gasteiger charge is -2.17. The van der Waals surface area contributed by atoms with Gasteiger partial charge in [-0.1, -0.05) is 24.9 Å². The smallest absolute Gasteiger partial charge is 0.208 e. The molecule has 0 aromatic heterocycles. The largest absolute Gasteiger partial charge is 0.240 e. The highest BCUT2D eigenvalue weighted by molar-refractivity contribution is 7.89. The van der Waals surface area contributed by atoms with Crippen molar-refractivity contribution in [1.82, 2.24) is 4.72 Å². The molecule has 0 saturated heterocycles. The number of sulfonamides is 1. The van der Waals surface area contributed by atoms with Crippen molar-refractivity contribution in [1.29, 1.82) is 5.26 Å². The quantitative estimate of drug-likeness (QED) is 0.932. The van der Waals surface area contributed by atoms with E-state index in [2.05, 4.69) is 4.72 Å². The van der Waals surface area contributed by atoms with E-state index in [1.54, 1.807) is 0 Å². The van der Waals surface area contributed by atoms with Gasteiger partial charge in [0, 0.05) is 6.04 Å². The SMILES string of the molecule is CC1CCCC1NS(=O)(=O)c1ccc(C#N)c(Cl)c1. The predicted molar refractivity (Wildman–Crippen MR) is 73.3 cm³/mol. The first-order chi connectivity index (χ1) is 8.94. The topological polar surface area (TPSA) is 70.0 Å². The zero-order valence-corrected chi connectivity index (χ0v) is 12.1. The molecule has 19 heavy (non-hydrogen) atoms. The van der Waals surface area contributed by atoms with Crippen LogP contribution in [0.15, 0.2) is 23.1 Å². The van der Waals surface area contributed by atoms with E-state index in [1.165, 1.54) is 18.2 Å². The van der Waals surface area contributed by atoms with Gasteiger partial charge in [-0.05, 0) is 37.0 Å². The van der Waals surface area contributed by atoms with Crippen molar-refractivity contribution in [2.75, 3.05) is 0 Å². The zero-order valence-electron chi connectivity index (χ0n) is 10.6. The van der Waals surface area contributed by atoms with Crippen LogP contribution in [0, 0.1) is 17.2 Å². The molecule has 0 heterocycles. The minimum atomic E-state index is -3.57. The van der Waals surface area contributed by atoms with E-state index >= 15 is 0 Å². The lowest BCUT2D eigenvalue weighted by Crippen LogP contribution is -2.36. The lowest BCUT2D eigenvalue weighted by molar-refractivity contribution is 0.476. The van der Waals surface area contributed by atoms with Crippen molar-refractivity contribution >= 4 is 21.6 Å². The van der Waals surface area contributed by atoms with Crippen molar-refractivity contribution in [2.45, 2.75) is 37.1 Å². The average Bonchev–Trinajstić information content (AvgIpc) is 2.74. The number of nitrogens with zero attached hydrogens (tertiary/aromatic N) is 1. The van der Waals surface area contributed by atoms with E-state index in [0.717, 1.165) is 19.3 Å². The fourth-order valence-electron chi connectivity index (χ4n) is 2.34. The molecular weight excluding hydrogens is 284 g/mol. The normalized spacial score (nSPS) is 23.2. The van der Waals surface area contributed by atoms with E-state index in [1.807, 2.05) is 13.0 Å². The van der Waals surface area contributed by atoms with Crippen molar-refractivity contribution < 1.29 is 8.42 Å². The van der Waals surface area contributed by atoms with E-state index in [0.29, 0.717) is 5.92 Å². The van der Waals surface area contributed by atoms with Crippen LogP contribution in [0.3, 0.4) is 0 Å². The molecule has 1 saturated carbocycles. The van der Waals surface area contributed by atoms with Crippen molar-refractivity contribution in [3.63, 3.8) is 0 Å². The maximum atomic E-state index is 12.2. The first-order valence-electron chi connectivity index (χ1n) is 6.16. The fourth-order valence-corrected chi connectivity index (χ4v) is 4.03. The zero-order chi connectivity index (χ0) is 14.0. The molecule has 1 aromatic rings. The van der Waals surface area contributed by atoms with Crippen LogP contribution in [0.5, 0.6) is 0 Å². The molecule has 0 radical (unpaired) electrons. The minimum Gasteiger partial charge on any atom is -0.208 e. The van der Waals surface area contributed by atoms with E-state index in [4.69, 9.17) is 16.9 Å². The molecule has 0 aliphatic heterocycles. The number of nitrogens with one attached hydrogen (secondary N) is 1. The second-order valence-electron chi connectivity index (χ2n) is 4.89. The Hall–Kier alpha value is -1.09. The lowest BCUT2D eigenvalue weighted by atomic mass is 10.1. The number of hydrogen-bond acceptors (Lipinski definition) is 3. The molecule has 1 fully saturated rings. The number of benzene rings is 1. The second kappa shape index (κ2) is 5.49. The van der Waals surface area contributed by atoms with Crippen LogP contribution in [0.4, 0.5) is 0 Å². The van der Waals surface area contributed by atoms with Gasteiger partial charge in [0.1, 0.15) is 6.07 Å². The average molecular weight is 299 g/mol. The standard InChI is InChI=1S/C13H15ClN2O2S/c1-9-3-2-4-13(9)16-19(17,18)11-6-5-10(8-15)12(14)7-11/h5-7,9,13,16H,2-4H2,1H3. The van der Waals surface area contributed by atoms with Crippen LogP contribution in [-0.2, 0) is 10.0 Å². The highest BCUT2D eigenvalue weighted by Crippen LogP contribution is 2.27. The summed E-state index contributed by atoms with van der Waals surface area (Å²) in [6.45, 7) is 2.05. The van der Waals surface area contributed by atoms with Gasteiger partial charge < -0.3 is 0 Å². The summed E-state index contributed by atoms with van der Waals surface area (Å²) in [5.41, 5.74) is 0.273. The Bertz CT molecular complexity index is 622. The molecular formula is C13H15ClN2O2S. The summed E-state index contributed by atoms with van der Waals surface area (Å²) in [6.07, 6.45) is 2.95. The van der Waals surface area contributed by atoms with E-state index in [-0.39, 0.29) is 21.5 Å².